The molecule has 7 heteroatoms. The van der Waals surface area contributed by atoms with Crippen LogP contribution in [-0.4, -0.2) is 66.9 Å². The topological polar surface area (TPSA) is 64.7 Å². The Morgan fingerprint density at radius 3 is 2.21 bits per heavy atom. The van der Waals surface area contributed by atoms with Gasteiger partial charge in [0.1, 0.15) is 5.82 Å². The van der Waals surface area contributed by atoms with Crippen LogP contribution in [0.25, 0.3) is 0 Å². The molecule has 1 aliphatic heterocycles. The molecule has 0 saturated carbocycles. The maximum Gasteiger partial charge on any atom is 0.238 e. The maximum atomic E-state index is 13.1. The molecule has 1 fully saturated rings. The molecule has 0 radical (unpaired) electrons. The Morgan fingerprint density at radius 1 is 1.08 bits per heavy atom. The van der Waals surface area contributed by atoms with E-state index >= 15 is 0 Å². The highest BCUT2D eigenvalue weighted by Gasteiger charge is 2.20. The van der Waals surface area contributed by atoms with E-state index in [1.165, 1.54) is 12.1 Å². The van der Waals surface area contributed by atoms with E-state index in [9.17, 15) is 14.0 Å². The van der Waals surface area contributed by atoms with Gasteiger partial charge in [-0.1, -0.05) is 6.07 Å². The minimum absolute atomic E-state index is 0.0299. The van der Waals surface area contributed by atoms with Crippen molar-refractivity contribution in [3.05, 3.63) is 30.1 Å². The summed E-state index contributed by atoms with van der Waals surface area (Å²) in [4.78, 5) is 27.9. The summed E-state index contributed by atoms with van der Waals surface area (Å²) in [5, 5.41) is 5.57. The second-order valence-electron chi connectivity index (χ2n) is 6.33. The summed E-state index contributed by atoms with van der Waals surface area (Å²) in [7, 11) is 0. The largest absolute Gasteiger partial charge is 0.353 e. The van der Waals surface area contributed by atoms with Gasteiger partial charge in [0.2, 0.25) is 11.8 Å². The summed E-state index contributed by atoms with van der Waals surface area (Å²) in [5.41, 5.74) is 0.462. The summed E-state index contributed by atoms with van der Waals surface area (Å²) >= 11 is 0. The van der Waals surface area contributed by atoms with Crippen molar-refractivity contribution in [2.24, 2.45) is 0 Å². The zero-order chi connectivity index (χ0) is 17.5. The predicted octanol–water partition coefficient (Wildman–Crippen LogP) is 0.906. The van der Waals surface area contributed by atoms with Gasteiger partial charge in [0.15, 0.2) is 0 Å². The molecular weight excluding hydrogens is 311 g/mol. The summed E-state index contributed by atoms with van der Waals surface area (Å²) in [6.07, 6.45) is 0. The number of amides is 2. The zero-order valence-electron chi connectivity index (χ0n) is 14.2. The van der Waals surface area contributed by atoms with E-state index < -0.39 is 0 Å². The third-order valence-corrected chi connectivity index (χ3v) is 3.76. The molecule has 2 N–H and O–H groups in total. The van der Waals surface area contributed by atoms with E-state index in [-0.39, 0.29) is 30.2 Å². The highest BCUT2D eigenvalue weighted by atomic mass is 19.1. The van der Waals surface area contributed by atoms with Crippen LogP contribution in [0, 0.1) is 5.82 Å². The number of halogens is 1. The number of nitrogens with zero attached hydrogens (tertiary/aromatic N) is 2. The highest BCUT2D eigenvalue weighted by molar-refractivity contribution is 5.92. The monoisotopic (exact) mass is 336 g/mol. The molecule has 1 heterocycles. The Hall–Kier alpha value is -1.99. The second-order valence-corrected chi connectivity index (χ2v) is 6.33. The molecule has 24 heavy (non-hydrogen) atoms. The van der Waals surface area contributed by atoms with Gasteiger partial charge in [-0.25, -0.2) is 4.39 Å². The number of rotatable bonds is 6. The van der Waals surface area contributed by atoms with Gasteiger partial charge < -0.3 is 10.6 Å². The Morgan fingerprint density at radius 2 is 1.67 bits per heavy atom. The number of carbonyl (C=O) groups is 2. The molecule has 0 spiro atoms. The van der Waals surface area contributed by atoms with Crippen LogP contribution in [0.15, 0.2) is 24.3 Å². The molecule has 2 rings (SSSR count). The predicted molar refractivity (Wildman–Crippen MR) is 91.2 cm³/mol. The first-order valence-corrected chi connectivity index (χ1v) is 8.22. The van der Waals surface area contributed by atoms with E-state index in [1.807, 2.05) is 18.7 Å². The molecule has 2 amide bonds. The lowest BCUT2D eigenvalue weighted by Crippen LogP contribution is -2.51. The quantitative estimate of drug-likeness (QED) is 0.810. The van der Waals surface area contributed by atoms with E-state index in [0.717, 1.165) is 26.2 Å². The maximum absolute atomic E-state index is 13.1. The average Bonchev–Trinajstić information content (AvgIpc) is 2.48. The fraction of sp³-hybridized carbons (Fsp3) is 0.529. The van der Waals surface area contributed by atoms with Crippen molar-refractivity contribution in [1.82, 2.24) is 15.1 Å². The van der Waals surface area contributed by atoms with Crippen molar-refractivity contribution in [3.63, 3.8) is 0 Å². The second kappa shape index (κ2) is 8.75. The Kier molecular flexibility index (Phi) is 6.69. The molecule has 0 aromatic heterocycles. The zero-order valence-corrected chi connectivity index (χ0v) is 14.2. The fourth-order valence-corrected chi connectivity index (χ4v) is 2.65. The van der Waals surface area contributed by atoms with Gasteiger partial charge in [0.25, 0.3) is 0 Å². The SMILES string of the molecule is CC(C)NC(=O)CN1CCN(CC(=O)Nc2cccc(F)c2)CC1. The molecule has 0 bridgehead atoms. The van der Waals surface area contributed by atoms with Crippen LogP contribution in [0.1, 0.15) is 13.8 Å². The van der Waals surface area contributed by atoms with Crippen LogP contribution in [0.5, 0.6) is 0 Å². The van der Waals surface area contributed by atoms with Crippen molar-refractivity contribution < 1.29 is 14.0 Å². The van der Waals surface area contributed by atoms with Crippen LogP contribution in [0.4, 0.5) is 10.1 Å². The smallest absolute Gasteiger partial charge is 0.238 e. The molecule has 0 unspecified atom stereocenters. The minimum atomic E-state index is -0.374. The number of nitrogens with one attached hydrogen (secondary N) is 2. The van der Waals surface area contributed by atoms with E-state index in [1.54, 1.807) is 12.1 Å². The average molecular weight is 336 g/mol. The third-order valence-electron chi connectivity index (χ3n) is 3.76. The molecule has 132 valence electrons. The molecule has 1 aromatic rings. The highest BCUT2D eigenvalue weighted by Crippen LogP contribution is 2.09. The minimum Gasteiger partial charge on any atom is -0.353 e. The lowest BCUT2D eigenvalue weighted by Gasteiger charge is -2.33. The number of benzene rings is 1. The number of carbonyl (C=O) groups excluding carboxylic acids is 2. The summed E-state index contributed by atoms with van der Waals surface area (Å²) < 4.78 is 13.1. The molecule has 0 atom stereocenters. The standard InChI is InChI=1S/C17H25FN4O2/c1-13(2)19-16(23)11-21-6-8-22(9-7-21)12-17(24)20-15-5-3-4-14(18)10-15/h3-5,10,13H,6-9,11-12H2,1-2H3,(H,19,23)(H,20,24). The summed E-state index contributed by atoms with van der Waals surface area (Å²) in [6, 6.07) is 6.00. The van der Waals surface area contributed by atoms with Crippen molar-refractivity contribution >= 4 is 17.5 Å². The number of anilines is 1. The van der Waals surface area contributed by atoms with Crippen molar-refractivity contribution in [2.45, 2.75) is 19.9 Å². The van der Waals surface area contributed by atoms with Gasteiger partial charge >= 0.3 is 0 Å². The van der Waals surface area contributed by atoms with Gasteiger partial charge in [0.05, 0.1) is 13.1 Å². The van der Waals surface area contributed by atoms with Crippen molar-refractivity contribution in [3.8, 4) is 0 Å². The van der Waals surface area contributed by atoms with Crippen molar-refractivity contribution in [1.29, 1.82) is 0 Å². The summed E-state index contributed by atoms with van der Waals surface area (Å²) in [5.74, 6) is -0.505. The summed E-state index contributed by atoms with van der Waals surface area (Å²) in [6.45, 7) is 7.48. The Labute approximate surface area is 142 Å². The van der Waals surface area contributed by atoms with Crippen LogP contribution in [0.2, 0.25) is 0 Å². The van der Waals surface area contributed by atoms with E-state index in [0.29, 0.717) is 12.2 Å². The van der Waals surface area contributed by atoms with Crippen LogP contribution in [0.3, 0.4) is 0 Å². The van der Waals surface area contributed by atoms with E-state index in [4.69, 9.17) is 0 Å². The molecule has 6 nitrogen and oxygen atoms in total. The normalized spacial score (nSPS) is 16.2. The molecule has 1 aromatic carbocycles. The first-order valence-electron chi connectivity index (χ1n) is 8.22. The van der Waals surface area contributed by atoms with Gasteiger partial charge in [-0.15, -0.1) is 0 Å². The molecule has 1 aliphatic rings. The number of piperazine rings is 1. The van der Waals surface area contributed by atoms with Gasteiger partial charge in [0, 0.05) is 37.9 Å². The first-order chi connectivity index (χ1) is 11.4. The number of hydrogen-bond acceptors (Lipinski definition) is 4. The van der Waals surface area contributed by atoms with Crippen LogP contribution in [-0.2, 0) is 9.59 Å². The van der Waals surface area contributed by atoms with Gasteiger partial charge in [-0.3, -0.25) is 19.4 Å². The van der Waals surface area contributed by atoms with Crippen LogP contribution >= 0.6 is 0 Å². The van der Waals surface area contributed by atoms with Gasteiger partial charge in [-0.2, -0.15) is 0 Å². The Balaban J connectivity index is 1.70. The number of hydrogen-bond donors (Lipinski definition) is 2. The third kappa shape index (κ3) is 6.25. The molecule has 1 saturated heterocycles. The van der Waals surface area contributed by atoms with Crippen LogP contribution < -0.4 is 10.6 Å². The van der Waals surface area contributed by atoms with Gasteiger partial charge in [-0.05, 0) is 32.0 Å². The molecular formula is C17H25FN4O2. The Bertz CT molecular complexity index is 571. The lowest BCUT2D eigenvalue weighted by atomic mass is 10.3. The molecule has 0 aliphatic carbocycles. The first kappa shape index (κ1) is 18.4. The fourth-order valence-electron chi connectivity index (χ4n) is 2.65. The lowest BCUT2D eigenvalue weighted by molar-refractivity contribution is -0.124. The van der Waals surface area contributed by atoms with E-state index in [2.05, 4.69) is 15.5 Å². The van der Waals surface area contributed by atoms with Crippen molar-refractivity contribution in [2.75, 3.05) is 44.6 Å².